The van der Waals surface area contributed by atoms with Gasteiger partial charge in [0, 0.05) is 25.1 Å². The third-order valence-corrected chi connectivity index (χ3v) is 5.12. The summed E-state index contributed by atoms with van der Waals surface area (Å²) in [6.45, 7) is 0.512. The molecular formula is C23H22N4O4. The second-order valence-corrected chi connectivity index (χ2v) is 7.00. The SMILES string of the molecule is COc1ccc(CCn2c(=O)c3ncccc3n(Cc3cccnc3)c2=O)cc1OC. The van der Waals surface area contributed by atoms with Crippen LogP contribution in [0.4, 0.5) is 0 Å². The minimum Gasteiger partial charge on any atom is -0.493 e. The summed E-state index contributed by atoms with van der Waals surface area (Å²) in [5, 5.41) is 0. The van der Waals surface area contributed by atoms with Gasteiger partial charge in [-0.25, -0.2) is 9.78 Å². The second kappa shape index (κ2) is 8.83. The van der Waals surface area contributed by atoms with Crippen LogP contribution >= 0.6 is 0 Å². The average molecular weight is 418 g/mol. The summed E-state index contributed by atoms with van der Waals surface area (Å²) in [7, 11) is 3.14. The highest BCUT2D eigenvalue weighted by Gasteiger charge is 2.15. The number of benzene rings is 1. The summed E-state index contributed by atoms with van der Waals surface area (Å²) in [4.78, 5) is 34.7. The predicted octanol–water partition coefficient (Wildman–Crippen LogP) is 2.26. The molecule has 1 aromatic carbocycles. The Hall–Kier alpha value is -3.94. The van der Waals surface area contributed by atoms with E-state index in [0.717, 1.165) is 11.1 Å². The van der Waals surface area contributed by atoms with Crippen LogP contribution in [0.1, 0.15) is 11.1 Å². The number of rotatable bonds is 7. The van der Waals surface area contributed by atoms with Gasteiger partial charge in [0.15, 0.2) is 17.0 Å². The predicted molar refractivity (Wildman–Crippen MR) is 117 cm³/mol. The van der Waals surface area contributed by atoms with Crippen molar-refractivity contribution in [3.05, 3.63) is 93.0 Å². The highest BCUT2D eigenvalue weighted by atomic mass is 16.5. The molecule has 158 valence electrons. The van der Waals surface area contributed by atoms with Crippen LogP contribution < -0.4 is 20.7 Å². The summed E-state index contributed by atoms with van der Waals surface area (Å²) in [6, 6.07) is 12.7. The van der Waals surface area contributed by atoms with E-state index in [1.54, 1.807) is 55.6 Å². The fraction of sp³-hybridized carbons (Fsp3) is 0.217. The first-order valence-corrected chi connectivity index (χ1v) is 9.80. The van der Waals surface area contributed by atoms with Crippen molar-refractivity contribution in [1.82, 2.24) is 19.1 Å². The van der Waals surface area contributed by atoms with Crippen LogP contribution in [-0.4, -0.2) is 33.3 Å². The van der Waals surface area contributed by atoms with Gasteiger partial charge in [-0.1, -0.05) is 12.1 Å². The van der Waals surface area contributed by atoms with Crippen molar-refractivity contribution < 1.29 is 9.47 Å². The first kappa shape index (κ1) is 20.3. The molecular weight excluding hydrogens is 396 g/mol. The fourth-order valence-corrected chi connectivity index (χ4v) is 3.54. The van der Waals surface area contributed by atoms with Gasteiger partial charge >= 0.3 is 5.69 Å². The van der Waals surface area contributed by atoms with Gasteiger partial charge in [-0.3, -0.25) is 18.9 Å². The highest BCUT2D eigenvalue weighted by molar-refractivity contribution is 5.73. The van der Waals surface area contributed by atoms with E-state index in [1.807, 2.05) is 24.3 Å². The molecule has 3 aromatic heterocycles. The first-order chi connectivity index (χ1) is 15.1. The van der Waals surface area contributed by atoms with Crippen molar-refractivity contribution in [2.75, 3.05) is 14.2 Å². The van der Waals surface area contributed by atoms with Crippen LogP contribution in [0.3, 0.4) is 0 Å². The van der Waals surface area contributed by atoms with E-state index < -0.39 is 5.56 Å². The molecule has 8 heteroatoms. The van der Waals surface area contributed by atoms with Gasteiger partial charge in [-0.15, -0.1) is 0 Å². The number of nitrogens with zero attached hydrogens (tertiary/aromatic N) is 4. The van der Waals surface area contributed by atoms with Crippen LogP contribution in [0.25, 0.3) is 11.0 Å². The Morgan fingerprint density at radius 3 is 2.45 bits per heavy atom. The topological polar surface area (TPSA) is 88.2 Å². The lowest BCUT2D eigenvalue weighted by Crippen LogP contribution is -2.41. The molecule has 0 spiro atoms. The zero-order valence-electron chi connectivity index (χ0n) is 17.3. The molecule has 0 unspecified atom stereocenters. The number of ether oxygens (including phenoxy) is 2. The van der Waals surface area contributed by atoms with Crippen LogP contribution in [0.15, 0.2) is 70.6 Å². The molecule has 0 N–H and O–H groups in total. The van der Waals surface area contributed by atoms with Crippen molar-refractivity contribution in [3.8, 4) is 11.5 Å². The second-order valence-electron chi connectivity index (χ2n) is 7.00. The van der Waals surface area contributed by atoms with Gasteiger partial charge in [0.05, 0.1) is 26.3 Å². The summed E-state index contributed by atoms with van der Waals surface area (Å²) < 4.78 is 13.4. The monoisotopic (exact) mass is 418 g/mol. The molecule has 4 rings (SSSR count). The Bertz CT molecular complexity index is 1330. The molecule has 0 amide bonds. The Balaban J connectivity index is 1.74. The number of methoxy groups -OCH3 is 2. The number of fused-ring (bicyclic) bond motifs is 1. The van der Waals surface area contributed by atoms with Crippen molar-refractivity contribution in [2.24, 2.45) is 0 Å². The third-order valence-electron chi connectivity index (χ3n) is 5.12. The smallest absolute Gasteiger partial charge is 0.331 e. The molecule has 0 aliphatic carbocycles. The molecule has 0 aliphatic heterocycles. The molecule has 0 atom stereocenters. The number of pyridine rings is 2. The van der Waals surface area contributed by atoms with Gasteiger partial charge in [0.1, 0.15) is 0 Å². The molecule has 31 heavy (non-hydrogen) atoms. The molecule has 0 saturated carbocycles. The maximum atomic E-state index is 13.3. The molecule has 0 aliphatic rings. The summed E-state index contributed by atoms with van der Waals surface area (Å²) in [5.41, 5.74) is 1.77. The Morgan fingerprint density at radius 2 is 1.71 bits per heavy atom. The molecule has 0 fully saturated rings. The quantitative estimate of drug-likeness (QED) is 0.458. The molecule has 0 saturated heterocycles. The molecule has 0 radical (unpaired) electrons. The van der Waals surface area contributed by atoms with Gasteiger partial charge in [-0.05, 0) is 47.9 Å². The summed E-state index contributed by atoms with van der Waals surface area (Å²) >= 11 is 0. The maximum absolute atomic E-state index is 13.3. The van der Waals surface area contributed by atoms with E-state index in [-0.39, 0.29) is 17.8 Å². The van der Waals surface area contributed by atoms with Crippen molar-refractivity contribution in [3.63, 3.8) is 0 Å². The Labute approximate surface area is 178 Å². The number of aromatic nitrogens is 4. The van der Waals surface area contributed by atoms with Crippen molar-refractivity contribution >= 4 is 11.0 Å². The van der Waals surface area contributed by atoms with E-state index in [0.29, 0.717) is 30.0 Å². The third kappa shape index (κ3) is 4.05. The lowest BCUT2D eigenvalue weighted by atomic mass is 10.1. The standard InChI is InChI=1S/C23H22N4O4/c1-30-19-8-7-16(13-20(19)31-2)9-12-26-22(28)21-18(6-4-11-25-21)27(23(26)29)15-17-5-3-10-24-14-17/h3-8,10-11,13-14H,9,12,15H2,1-2H3. The van der Waals surface area contributed by atoms with Crippen molar-refractivity contribution in [2.45, 2.75) is 19.5 Å². The number of hydrogen-bond donors (Lipinski definition) is 0. The summed E-state index contributed by atoms with van der Waals surface area (Å²) in [5.74, 6) is 1.22. The van der Waals surface area contributed by atoms with Crippen LogP contribution in [0, 0.1) is 0 Å². The Kier molecular flexibility index (Phi) is 5.79. The lowest BCUT2D eigenvalue weighted by Gasteiger charge is -2.14. The van der Waals surface area contributed by atoms with Gasteiger partial charge < -0.3 is 9.47 Å². The van der Waals surface area contributed by atoms with E-state index in [1.165, 1.54) is 4.57 Å². The van der Waals surface area contributed by atoms with Crippen LogP contribution in [-0.2, 0) is 19.5 Å². The maximum Gasteiger partial charge on any atom is 0.331 e. The number of hydrogen-bond acceptors (Lipinski definition) is 6. The van der Waals surface area contributed by atoms with E-state index in [9.17, 15) is 9.59 Å². The summed E-state index contributed by atoms with van der Waals surface area (Å²) in [6.07, 6.45) is 5.41. The normalized spacial score (nSPS) is 10.9. The lowest BCUT2D eigenvalue weighted by molar-refractivity contribution is 0.354. The number of aryl methyl sites for hydroxylation is 1. The Morgan fingerprint density at radius 1 is 0.903 bits per heavy atom. The minimum atomic E-state index is -0.400. The van der Waals surface area contributed by atoms with Gasteiger partial charge in [0.25, 0.3) is 5.56 Å². The first-order valence-electron chi connectivity index (χ1n) is 9.80. The highest BCUT2D eigenvalue weighted by Crippen LogP contribution is 2.27. The van der Waals surface area contributed by atoms with Crippen LogP contribution in [0.5, 0.6) is 11.5 Å². The molecule has 4 aromatic rings. The molecule has 0 bridgehead atoms. The molecule has 3 heterocycles. The van der Waals surface area contributed by atoms with E-state index in [4.69, 9.17) is 9.47 Å². The van der Waals surface area contributed by atoms with Crippen molar-refractivity contribution in [1.29, 1.82) is 0 Å². The minimum absolute atomic E-state index is 0.215. The fourth-order valence-electron chi connectivity index (χ4n) is 3.54. The molecule has 8 nitrogen and oxygen atoms in total. The van der Waals surface area contributed by atoms with Gasteiger partial charge in [0.2, 0.25) is 0 Å². The zero-order chi connectivity index (χ0) is 21.8. The average Bonchev–Trinajstić information content (AvgIpc) is 2.82. The van der Waals surface area contributed by atoms with Gasteiger partial charge in [-0.2, -0.15) is 0 Å². The van der Waals surface area contributed by atoms with E-state index in [2.05, 4.69) is 9.97 Å². The van der Waals surface area contributed by atoms with E-state index >= 15 is 0 Å². The van der Waals surface area contributed by atoms with Crippen LogP contribution in [0.2, 0.25) is 0 Å². The largest absolute Gasteiger partial charge is 0.493 e. The zero-order valence-corrected chi connectivity index (χ0v) is 17.3.